The summed E-state index contributed by atoms with van der Waals surface area (Å²) in [6, 6.07) is 0. The number of amides is 1. The van der Waals surface area contributed by atoms with E-state index in [1.807, 2.05) is 0 Å². The molecule has 1 unspecified atom stereocenters. The summed E-state index contributed by atoms with van der Waals surface area (Å²) in [4.78, 5) is 13.2. The molecule has 1 atom stereocenters. The lowest BCUT2D eigenvalue weighted by atomic mass is 10.1. The Morgan fingerprint density at radius 2 is 2.31 bits per heavy atom. The molecule has 1 fully saturated rings. The molecule has 1 rings (SSSR count). The molecule has 1 N–H and O–H groups in total. The van der Waals surface area contributed by atoms with Gasteiger partial charge in [0.2, 0.25) is 0 Å². The second-order valence-corrected chi connectivity index (χ2v) is 3.69. The van der Waals surface area contributed by atoms with Crippen LogP contribution in [0.1, 0.15) is 39.0 Å². The minimum atomic E-state index is -0.727. The van der Waals surface area contributed by atoms with Crippen molar-refractivity contribution in [1.82, 2.24) is 4.90 Å². The van der Waals surface area contributed by atoms with Gasteiger partial charge in [0, 0.05) is 13.1 Å². The van der Waals surface area contributed by atoms with Gasteiger partial charge in [-0.1, -0.05) is 19.8 Å². The van der Waals surface area contributed by atoms with Gasteiger partial charge in [-0.3, -0.25) is 4.79 Å². The van der Waals surface area contributed by atoms with Crippen LogP contribution in [0.25, 0.3) is 0 Å². The fourth-order valence-electron chi connectivity index (χ4n) is 1.69. The molecule has 76 valence electrons. The summed E-state index contributed by atoms with van der Waals surface area (Å²) in [6.07, 6.45) is 4.26. The second-order valence-electron chi connectivity index (χ2n) is 3.69. The zero-order valence-electron chi connectivity index (χ0n) is 8.33. The molecule has 1 aliphatic rings. The molecule has 13 heavy (non-hydrogen) atoms. The van der Waals surface area contributed by atoms with Crippen LogP contribution >= 0.6 is 0 Å². The molecule has 0 aromatic heterocycles. The molecular formula is C10H19NO2. The van der Waals surface area contributed by atoms with E-state index in [1.165, 1.54) is 12.8 Å². The van der Waals surface area contributed by atoms with Gasteiger partial charge in [0.25, 0.3) is 5.91 Å². The van der Waals surface area contributed by atoms with Crippen molar-refractivity contribution in [2.45, 2.75) is 45.1 Å². The normalized spacial score (nSPS) is 23.7. The highest BCUT2D eigenvalue weighted by atomic mass is 16.3. The van der Waals surface area contributed by atoms with Crippen LogP contribution in [-0.4, -0.2) is 35.1 Å². The highest BCUT2D eigenvalue weighted by Gasteiger charge is 2.25. The van der Waals surface area contributed by atoms with Crippen LogP contribution in [0.3, 0.4) is 0 Å². The Labute approximate surface area is 79.7 Å². The number of aliphatic hydroxyl groups is 1. The Morgan fingerprint density at radius 1 is 1.54 bits per heavy atom. The molecule has 1 amide bonds. The smallest absolute Gasteiger partial charge is 0.251 e. The Balaban J connectivity index is 2.27. The van der Waals surface area contributed by atoms with E-state index in [1.54, 1.807) is 4.90 Å². The Hall–Kier alpha value is -0.570. The Kier molecular flexibility index (Phi) is 4.22. The van der Waals surface area contributed by atoms with E-state index in [-0.39, 0.29) is 5.91 Å². The average Bonchev–Trinajstić information content (AvgIpc) is 2.13. The topological polar surface area (TPSA) is 40.5 Å². The molecule has 3 nitrogen and oxygen atoms in total. The van der Waals surface area contributed by atoms with Crippen molar-refractivity contribution in [1.29, 1.82) is 0 Å². The minimum absolute atomic E-state index is 0.0673. The number of unbranched alkanes of at least 4 members (excludes halogenated alkanes) is 2. The fraction of sp³-hybridized carbons (Fsp3) is 0.900. The van der Waals surface area contributed by atoms with Crippen LogP contribution in [0.5, 0.6) is 0 Å². The van der Waals surface area contributed by atoms with E-state index in [0.29, 0.717) is 6.42 Å². The van der Waals surface area contributed by atoms with Crippen LogP contribution in [0.2, 0.25) is 0 Å². The van der Waals surface area contributed by atoms with E-state index in [0.717, 1.165) is 25.9 Å². The van der Waals surface area contributed by atoms with E-state index in [9.17, 15) is 9.90 Å². The molecule has 0 aromatic rings. The maximum absolute atomic E-state index is 11.4. The number of rotatable bonds is 4. The monoisotopic (exact) mass is 185 g/mol. The number of nitrogens with zero attached hydrogens (tertiary/aromatic N) is 1. The molecule has 0 spiro atoms. The van der Waals surface area contributed by atoms with E-state index < -0.39 is 6.10 Å². The summed E-state index contributed by atoms with van der Waals surface area (Å²) < 4.78 is 0. The number of carbonyl (C=O) groups excluding carboxylic acids is 1. The van der Waals surface area contributed by atoms with Crippen LogP contribution in [0, 0.1) is 0 Å². The van der Waals surface area contributed by atoms with Gasteiger partial charge in [-0.25, -0.2) is 0 Å². The summed E-state index contributed by atoms with van der Waals surface area (Å²) in [5.74, 6) is -0.0673. The predicted molar refractivity (Wildman–Crippen MR) is 51.3 cm³/mol. The first-order valence-electron chi connectivity index (χ1n) is 5.22. The van der Waals surface area contributed by atoms with Crippen LogP contribution in [-0.2, 0) is 4.79 Å². The lowest BCUT2D eigenvalue weighted by Crippen LogP contribution is -2.44. The summed E-state index contributed by atoms with van der Waals surface area (Å²) in [7, 11) is 0. The summed E-state index contributed by atoms with van der Waals surface area (Å²) in [5.41, 5.74) is 0. The number of carbonyl (C=O) groups is 1. The van der Waals surface area contributed by atoms with Crippen molar-refractivity contribution in [2.24, 2.45) is 0 Å². The summed E-state index contributed by atoms with van der Waals surface area (Å²) in [6.45, 7) is 3.80. The van der Waals surface area contributed by atoms with Gasteiger partial charge in [-0.2, -0.15) is 0 Å². The molecule has 1 aliphatic heterocycles. The number of likely N-dealkylation sites (tertiary alicyclic amines) is 1. The Morgan fingerprint density at radius 3 is 3.00 bits per heavy atom. The summed E-state index contributed by atoms with van der Waals surface area (Å²) in [5, 5.41) is 9.31. The molecule has 0 aromatic carbocycles. The van der Waals surface area contributed by atoms with Crippen molar-refractivity contribution in [3.8, 4) is 0 Å². The standard InChI is InChI=1S/C10H19NO2/c1-2-3-4-7-11-8-5-6-9(12)10(11)13/h9,12H,2-8H2,1H3. The fourth-order valence-corrected chi connectivity index (χ4v) is 1.69. The molecule has 1 saturated heterocycles. The third-order valence-electron chi connectivity index (χ3n) is 2.53. The van der Waals surface area contributed by atoms with Gasteiger partial charge >= 0.3 is 0 Å². The number of hydrogen-bond acceptors (Lipinski definition) is 2. The lowest BCUT2D eigenvalue weighted by Gasteiger charge is -2.29. The largest absolute Gasteiger partial charge is 0.383 e. The zero-order chi connectivity index (χ0) is 9.68. The maximum Gasteiger partial charge on any atom is 0.251 e. The molecule has 0 saturated carbocycles. The first-order chi connectivity index (χ1) is 6.25. The van der Waals surface area contributed by atoms with Crippen LogP contribution in [0.15, 0.2) is 0 Å². The third-order valence-corrected chi connectivity index (χ3v) is 2.53. The van der Waals surface area contributed by atoms with Crippen molar-refractivity contribution in [3.05, 3.63) is 0 Å². The van der Waals surface area contributed by atoms with Gasteiger partial charge < -0.3 is 10.0 Å². The second kappa shape index (κ2) is 5.22. The highest BCUT2D eigenvalue weighted by molar-refractivity contribution is 5.81. The quantitative estimate of drug-likeness (QED) is 0.668. The number of piperidine rings is 1. The minimum Gasteiger partial charge on any atom is -0.383 e. The number of aliphatic hydroxyl groups excluding tert-OH is 1. The first-order valence-corrected chi connectivity index (χ1v) is 5.22. The van der Waals surface area contributed by atoms with E-state index in [4.69, 9.17) is 0 Å². The van der Waals surface area contributed by atoms with E-state index >= 15 is 0 Å². The maximum atomic E-state index is 11.4. The predicted octanol–water partition coefficient (Wildman–Crippen LogP) is 1.16. The first kappa shape index (κ1) is 10.5. The van der Waals surface area contributed by atoms with Crippen LogP contribution < -0.4 is 0 Å². The highest BCUT2D eigenvalue weighted by Crippen LogP contribution is 2.12. The van der Waals surface area contributed by atoms with Crippen molar-refractivity contribution in [3.63, 3.8) is 0 Å². The van der Waals surface area contributed by atoms with Crippen LogP contribution in [0.4, 0.5) is 0 Å². The molecule has 0 aliphatic carbocycles. The molecule has 0 radical (unpaired) electrons. The molecular weight excluding hydrogens is 166 g/mol. The van der Waals surface area contributed by atoms with E-state index in [2.05, 4.69) is 6.92 Å². The molecule has 0 bridgehead atoms. The lowest BCUT2D eigenvalue weighted by molar-refractivity contribution is -0.143. The van der Waals surface area contributed by atoms with Crippen molar-refractivity contribution in [2.75, 3.05) is 13.1 Å². The van der Waals surface area contributed by atoms with Crippen molar-refractivity contribution >= 4 is 5.91 Å². The van der Waals surface area contributed by atoms with Crippen molar-refractivity contribution < 1.29 is 9.90 Å². The van der Waals surface area contributed by atoms with Gasteiger partial charge in [-0.05, 0) is 19.3 Å². The average molecular weight is 185 g/mol. The van der Waals surface area contributed by atoms with Gasteiger partial charge in [0.05, 0.1) is 0 Å². The number of hydrogen-bond donors (Lipinski definition) is 1. The molecule has 3 heteroatoms. The summed E-state index contributed by atoms with van der Waals surface area (Å²) >= 11 is 0. The third kappa shape index (κ3) is 2.99. The van der Waals surface area contributed by atoms with Gasteiger partial charge in [-0.15, -0.1) is 0 Å². The molecule has 1 heterocycles. The zero-order valence-corrected chi connectivity index (χ0v) is 8.33. The van der Waals surface area contributed by atoms with Gasteiger partial charge in [0.15, 0.2) is 0 Å². The Bertz CT molecular complexity index is 170. The van der Waals surface area contributed by atoms with Gasteiger partial charge in [0.1, 0.15) is 6.10 Å². The SMILES string of the molecule is CCCCCN1CCCC(O)C1=O.